The van der Waals surface area contributed by atoms with Crippen molar-refractivity contribution in [1.29, 1.82) is 0 Å². The summed E-state index contributed by atoms with van der Waals surface area (Å²) >= 11 is 1.38. The van der Waals surface area contributed by atoms with Gasteiger partial charge >= 0.3 is 5.97 Å². The molecule has 0 spiro atoms. The molecule has 2 aromatic rings. The van der Waals surface area contributed by atoms with Gasteiger partial charge in [0.05, 0.1) is 18.0 Å². The summed E-state index contributed by atoms with van der Waals surface area (Å²) in [6.07, 6.45) is 0. The van der Waals surface area contributed by atoms with Crippen LogP contribution in [0.5, 0.6) is 0 Å². The molecule has 0 amide bonds. The lowest BCUT2D eigenvalue weighted by Gasteiger charge is -2.00. The van der Waals surface area contributed by atoms with Crippen molar-refractivity contribution in [1.82, 2.24) is 9.55 Å². The number of hydrogen-bond acceptors (Lipinski definition) is 4. The van der Waals surface area contributed by atoms with Gasteiger partial charge in [0.25, 0.3) is 0 Å². The van der Waals surface area contributed by atoms with Crippen molar-refractivity contribution in [3.05, 3.63) is 28.4 Å². The first-order valence-corrected chi connectivity index (χ1v) is 6.63. The third-order valence-corrected chi connectivity index (χ3v) is 4.01. The number of thiazole rings is 1. The van der Waals surface area contributed by atoms with Crippen LogP contribution < -0.4 is 0 Å². The van der Waals surface area contributed by atoms with Crippen molar-refractivity contribution in [2.24, 2.45) is 7.05 Å². The average Bonchev–Trinajstić information content (AvgIpc) is 2.85. The van der Waals surface area contributed by atoms with Crippen LogP contribution >= 0.6 is 11.3 Å². The maximum atomic E-state index is 11.7. The van der Waals surface area contributed by atoms with Gasteiger partial charge in [-0.15, -0.1) is 11.3 Å². The fourth-order valence-electron chi connectivity index (χ4n) is 1.72. The molecule has 0 radical (unpaired) electrons. The van der Waals surface area contributed by atoms with Gasteiger partial charge in [0.15, 0.2) is 0 Å². The summed E-state index contributed by atoms with van der Waals surface area (Å²) in [6.45, 7) is 6.06. The molecule has 0 fully saturated rings. The minimum Gasteiger partial charge on any atom is -0.462 e. The number of carbonyl (C=O) groups is 1. The van der Waals surface area contributed by atoms with Gasteiger partial charge in [0, 0.05) is 12.7 Å². The molecule has 4 nitrogen and oxygen atoms in total. The molecule has 96 valence electrons. The number of esters is 1. The molecule has 2 heterocycles. The molecular weight excluding hydrogens is 248 g/mol. The topological polar surface area (TPSA) is 44.1 Å². The molecule has 0 saturated heterocycles. The zero-order valence-electron chi connectivity index (χ0n) is 11.0. The summed E-state index contributed by atoms with van der Waals surface area (Å²) in [7, 11) is 1.99. The SMILES string of the molecule is CCOC(=O)c1sc(-c2ccc(C)n2C)nc1C. The first kappa shape index (κ1) is 12.8. The van der Waals surface area contributed by atoms with E-state index in [4.69, 9.17) is 4.74 Å². The highest BCUT2D eigenvalue weighted by atomic mass is 32.1. The molecule has 0 aliphatic heterocycles. The third kappa shape index (κ3) is 2.18. The Labute approximate surface area is 110 Å². The van der Waals surface area contributed by atoms with Crippen LogP contribution in [-0.2, 0) is 11.8 Å². The van der Waals surface area contributed by atoms with E-state index in [1.807, 2.05) is 33.0 Å². The lowest BCUT2D eigenvalue weighted by molar-refractivity contribution is 0.0531. The van der Waals surface area contributed by atoms with Crippen LogP contribution in [0.3, 0.4) is 0 Å². The summed E-state index contributed by atoms with van der Waals surface area (Å²) in [5.74, 6) is -0.287. The van der Waals surface area contributed by atoms with E-state index in [2.05, 4.69) is 9.55 Å². The van der Waals surface area contributed by atoms with E-state index < -0.39 is 0 Å². The van der Waals surface area contributed by atoms with E-state index in [0.717, 1.165) is 22.1 Å². The highest BCUT2D eigenvalue weighted by Crippen LogP contribution is 2.29. The number of ether oxygens (including phenoxy) is 1. The first-order chi connectivity index (χ1) is 8.54. The Balaban J connectivity index is 2.40. The number of aryl methyl sites for hydroxylation is 2. The van der Waals surface area contributed by atoms with Crippen LogP contribution in [-0.4, -0.2) is 22.1 Å². The van der Waals surface area contributed by atoms with Crippen molar-refractivity contribution in [2.75, 3.05) is 6.61 Å². The van der Waals surface area contributed by atoms with E-state index in [9.17, 15) is 4.79 Å². The van der Waals surface area contributed by atoms with Gasteiger partial charge in [-0.3, -0.25) is 0 Å². The Hall–Kier alpha value is -1.62. The molecule has 0 N–H and O–H groups in total. The fraction of sp³-hybridized carbons (Fsp3) is 0.385. The van der Waals surface area contributed by atoms with Crippen LogP contribution in [0.15, 0.2) is 12.1 Å². The van der Waals surface area contributed by atoms with E-state index in [-0.39, 0.29) is 5.97 Å². The summed E-state index contributed by atoms with van der Waals surface area (Å²) in [4.78, 5) is 16.8. The van der Waals surface area contributed by atoms with Crippen LogP contribution in [0.4, 0.5) is 0 Å². The Morgan fingerprint density at radius 3 is 2.72 bits per heavy atom. The van der Waals surface area contributed by atoms with Crippen molar-refractivity contribution in [2.45, 2.75) is 20.8 Å². The second-order valence-electron chi connectivity index (χ2n) is 4.07. The molecule has 0 unspecified atom stereocenters. The predicted octanol–water partition coefficient (Wildman–Crippen LogP) is 2.94. The standard InChI is InChI=1S/C13H16N2O2S/c1-5-17-13(16)11-9(3)14-12(18-11)10-7-6-8(2)15(10)4/h6-7H,5H2,1-4H3. The monoisotopic (exact) mass is 264 g/mol. The number of carbonyl (C=O) groups excluding carboxylic acids is 1. The Bertz CT molecular complexity index is 584. The van der Waals surface area contributed by atoms with Crippen molar-refractivity contribution < 1.29 is 9.53 Å². The van der Waals surface area contributed by atoms with Gasteiger partial charge in [-0.2, -0.15) is 0 Å². The Morgan fingerprint density at radius 2 is 2.17 bits per heavy atom. The van der Waals surface area contributed by atoms with Crippen LogP contribution in [0.25, 0.3) is 10.7 Å². The molecule has 2 aromatic heterocycles. The van der Waals surface area contributed by atoms with Crippen molar-refractivity contribution in [3.63, 3.8) is 0 Å². The number of rotatable bonds is 3. The van der Waals surface area contributed by atoms with E-state index in [1.54, 1.807) is 6.92 Å². The van der Waals surface area contributed by atoms with Gasteiger partial charge in [-0.25, -0.2) is 9.78 Å². The minimum atomic E-state index is -0.287. The maximum Gasteiger partial charge on any atom is 0.350 e. The second kappa shape index (κ2) is 4.94. The predicted molar refractivity (Wildman–Crippen MR) is 72.0 cm³/mol. The highest BCUT2D eigenvalue weighted by Gasteiger charge is 2.18. The van der Waals surface area contributed by atoms with E-state index >= 15 is 0 Å². The second-order valence-corrected chi connectivity index (χ2v) is 5.07. The van der Waals surface area contributed by atoms with Gasteiger partial charge < -0.3 is 9.30 Å². The van der Waals surface area contributed by atoms with Gasteiger partial charge in [-0.05, 0) is 32.9 Å². The summed E-state index contributed by atoms with van der Waals surface area (Å²) in [5.41, 5.74) is 2.92. The van der Waals surface area contributed by atoms with Gasteiger partial charge in [0.2, 0.25) is 0 Å². The molecule has 0 atom stereocenters. The molecule has 18 heavy (non-hydrogen) atoms. The van der Waals surface area contributed by atoms with E-state index in [0.29, 0.717) is 11.5 Å². The highest BCUT2D eigenvalue weighted by molar-refractivity contribution is 7.17. The Kier molecular flexibility index (Phi) is 3.52. The maximum absolute atomic E-state index is 11.7. The zero-order chi connectivity index (χ0) is 13.3. The average molecular weight is 264 g/mol. The molecule has 0 aliphatic carbocycles. The normalized spacial score (nSPS) is 10.7. The number of hydrogen-bond donors (Lipinski definition) is 0. The Morgan fingerprint density at radius 1 is 1.44 bits per heavy atom. The van der Waals surface area contributed by atoms with Crippen LogP contribution in [0.2, 0.25) is 0 Å². The summed E-state index contributed by atoms with van der Waals surface area (Å²) in [6, 6.07) is 4.05. The van der Waals surface area contributed by atoms with Gasteiger partial charge in [-0.1, -0.05) is 0 Å². The van der Waals surface area contributed by atoms with Gasteiger partial charge in [0.1, 0.15) is 9.88 Å². The quantitative estimate of drug-likeness (QED) is 0.801. The van der Waals surface area contributed by atoms with Crippen molar-refractivity contribution in [3.8, 4) is 10.7 Å². The molecule has 0 bridgehead atoms. The fourth-order valence-corrected chi connectivity index (χ4v) is 2.74. The first-order valence-electron chi connectivity index (χ1n) is 5.81. The molecule has 5 heteroatoms. The summed E-state index contributed by atoms with van der Waals surface area (Å²) < 4.78 is 7.08. The molecule has 0 aliphatic rings. The zero-order valence-corrected chi connectivity index (χ0v) is 11.8. The molecular formula is C13H16N2O2S. The smallest absolute Gasteiger partial charge is 0.350 e. The largest absolute Gasteiger partial charge is 0.462 e. The van der Waals surface area contributed by atoms with Crippen LogP contribution in [0, 0.1) is 13.8 Å². The lowest BCUT2D eigenvalue weighted by atomic mass is 10.4. The minimum absolute atomic E-state index is 0.287. The van der Waals surface area contributed by atoms with Crippen LogP contribution in [0.1, 0.15) is 28.0 Å². The molecule has 0 aromatic carbocycles. The van der Waals surface area contributed by atoms with Crippen molar-refractivity contribution >= 4 is 17.3 Å². The number of nitrogens with zero attached hydrogens (tertiary/aromatic N) is 2. The molecule has 2 rings (SSSR count). The third-order valence-electron chi connectivity index (χ3n) is 2.85. The summed E-state index contributed by atoms with van der Waals surface area (Å²) in [5, 5.41) is 0.853. The van der Waals surface area contributed by atoms with E-state index in [1.165, 1.54) is 11.3 Å². The number of aromatic nitrogens is 2. The molecule has 0 saturated carbocycles. The lowest BCUT2D eigenvalue weighted by Crippen LogP contribution is -2.03.